The number of halogens is 1. The van der Waals surface area contributed by atoms with Crippen molar-refractivity contribution in [1.29, 1.82) is 0 Å². The number of carbonyl (C=O) groups excluding carboxylic acids is 1. The molecule has 2 aromatic carbocycles. The number of hydrogen-bond acceptors (Lipinski definition) is 5. The summed E-state index contributed by atoms with van der Waals surface area (Å²) in [5.41, 5.74) is 2.42. The van der Waals surface area contributed by atoms with Gasteiger partial charge in [-0.1, -0.05) is 30.9 Å². The van der Waals surface area contributed by atoms with Crippen LogP contribution in [0.25, 0.3) is 0 Å². The molecule has 2 aliphatic heterocycles. The molecule has 1 amide bonds. The number of likely N-dealkylation sites (N-methyl/N-ethyl adjacent to an activating group) is 1. The molecule has 3 fully saturated rings. The van der Waals surface area contributed by atoms with Crippen LogP contribution in [0.1, 0.15) is 32.1 Å². The molecule has 1 saturated carbocycles. The summed E-state index contributed by atoms with van der Waals surface area (Å²) in [6, 6.07) is 15.6. The summed E-state index contributed by atoms with van der Waals surface area (Å²) in [4.78, 5) is 26.5. The second kappa shape index (κ2) is 10.3. The molecular formula is C28H35ClN4O2. The number of benzene rings is 2. The Morgan fingerprint density at radius 2 is 1.60 bits per heavy atom. The van der Waals surface area contributed by atoms with E-state index >= 15 is 0 Å². The number of aliphatic imine (C=N–C) groups is 1. The molecule has 1 aliphatic carbocycles. The zero-order valence-electron chi connectivity index (χ0n) is 20.8. The van der Waals surface area contributed by atoms with Crippen molar-refractivity contribution in [2.45, 2.75) is 38.1 Å². The average molecular weight is 495 g/mol. The van der Waals surface area contributed by atoms with E-state index in [1.54, 1.807) is 7.11 Å². The summed E-state index contributed by atoms with van der Waals surface area (Å²) >= 11 is 6.18. The average Bonchev–Trinajstić information content (AvgIpc) is 2.89. The van der Waals surface area contributed by atoms with Crippen molar-refractivity contribution in [3.8, 4) is 5.75 Å². The van der Waals surface area contributed by atoms with Crippen molar-refractivity contribution in [3.05, 3.63) is 53.6 Å². The number of piperidine rings is 1. The number of rotatable bonds is 4. The van der Waals surface area contributed by atoms with Crippen molar-refractivity contribution < 1.29 is 9.53 Å². The van der Waals surface area contributed by atoms with Crippen molar-refractivity contribution in [3.63, 3.8) is 0 Å². The minimum Gasteiger partial charge on any atom is -0.497 e. The van der Waals surface area contributed by atoms with Gasteiger partial charge in [-0.25, -0.2) is 0 Å². The minimum atomic E-state index is -0.447. The normalized spacial score (nSPS) is 24.8. The number of ether oxygens (including phenoxy) is 1. The first-order chi connectivity index (χ1) is 17.0. The maximum atomic E-state index is 14.4. The number of nitrogens with zero attached hydrogens (tertiary/aromatic N) is 4. The lowest BCUT2D eigenvalue weighted by Crippen LogP contribution is -2.68. The third-order valence-electron chi connectivity index (χ3n) is 7.96. The molecule has 186 valence electrons. The Morgan fingerprint density at radius 1 is 0.943 bits per heavy atom. The lowest BCUT2D eigenvalue weighted by Gasteiger charge is -2.54. The van der Waals surface area contributed by atoms with Crippen molar-refractivity contribution in [1.82, 2.24) is 9.80 Å². The van der Waals surface area contributed by atoms with Crippen molar-refractivity contribution in [2.75, 3.05) is 51.8 Å². The Morgan fingerprint density at radius 3 is 2.23 bits per heavy atom. The highest BCUT2D eigenvalue weighted by molar-refractivity contribution is 6.30. The topological polar surface area (TPSA) is 48.4 Å². The lowest BCUT2D eigenvalue weighted by molar-refractivity contribution is -0.134. The van der Waals surface area contributed by atoms with E-state index in [4.69, 9.17) is 21.3 Å². The Hall–Kier alpha value is -2.41. The Balaban J connectivity index is 1.60. The van der Waals surface area contributed by atoms with Gasteiger partial charge in [0.2, 0.25) is 5.91 Å². The van der Waals surface area contributed by atoms with E-state index in [0.717, 1.165) is 74.7 Å². The molecule has 35 heavy (non-hydrogen) atoms. The van der Waals surface area contributed by atoms with Crippen LogP contribution in [-0.2, 0) is 4.79 Å². The molecule has 3 aliphatic rings. The summed E-state index contributed by atoms with van der Waals surface area (Å²) in [5.74, 6) is 1.06. The van der Waals surface area contributed by atoms with Gasteiger partial charge in [0, 0.05) is 36.9 Å². The van der Waals surface area contributed by atoms with E-state index in [9.17, 15) is 4.79 Å². The molecule has 6 nitrogen and oxygen atoms in total. The standard InChI is InChI=1S/C28H35ClN4O2/c1-31-16-18-32(19-17-31)26-25(30-22-8-12-24(35-2)13-9-22)20-33(23-10-6-21(29)7-11-23)27(34)28(26)14-4-3-5-15-28/h6-13,26H,3-5,14-20H2,1-2H3/b30-25-. The van der Waals surface area contributed by atoms with Gasteiger partial charge < -0.3 is 14.5 Å². The summed E-state index contributed by atoms with van der Waals surface area (Å²) < 4.78 is 5.35. The van der Waals surface area contributed by atoms with Crippen LogP contribution in [0.2, 0.25) is 5.02 Å². The molecule has 2 heterocycles. The predicted molar refractivity (Wildman–Crippen MR) is 142 cm³/mol. The molecule has 0 N–H and O–H groups in total. The highest BCUT2D eigenvalue weighted by Gasteiger charge is 2.56. The summed E-state index contributed by atoms with van der Waals surface area (Å²) in [6.07, 6.45) is 5.18. The molecular weight excluding hydrogens is 460 g/mol. The van der Waals surface area contributed by atoms with E-state index < -0.39 is 5.41 Å². The van der Waals surface area contributed by atoms with Gasteiger partial charge in [0.15, 0.2) is 0 Å². The van der Waals surface area contributed by atoms with Gasteiger partial charge >= 0.3 is 0 Å². The van der Waals surface area contributed by atoms with E-state index in [1.165, 1.54) is 6.42 Å². The Bertz CT molecular complexity index is 1060. The van der Waals surface area contributed by atoms with Crippen molar-refractivity contribution in [2.24, 2.45) is 10.4 Å². The van der Waals surface area contributed by atoms with Crippen molar-refractivity contribution >= 4 is 34.6 Å². The molecule has 2 aromatic rings. The van der Waals surface area contributed by atoms with Crippen LogP contribution in [0.5, 0.6) is 5.75 Å². The van der Waals surface area contributed by atoms with Gasteiger partial charge in [-0.3, -0.25) is 14.7 Å². The van der Waals surface area contributed by atoms with Gasteiger partial charge in [0.25, 0.3) is 0 Å². The highest BCUT2D eigenvalue weighted by atomic mass is 35.5. The second-order valence-corrected chi connectivity index (χ2v) is 10.6. The minimum absolute atomic E-state index is 0.0228. The molecule has 1 spiro atoms. The van der Waals surface area contributed by atoms with Crippen LogP contribution in [0.15, 0.2) is 53.5 Å². The predicted octanol–water partition coefficient (Wildman–Crippen LogP) is 5.03. The number of piperazine rings is 1. The monoisotopic (exact) mass is 494 g/mol. The van der Waals surface area contributed by atoms with Gasteiger partial charge in [-0.2, -0.15) is 0 Å². The third kappa shape index (κ3) is 4.84. The van der Waals surface area contributed by atoms with Gasteiger partial charge in [-0.05, 0) is 68.4 Å². The Kier molecular flexibility index (Phi) is 7.14. The summed E-state index contributed by atoms with van der Waals surface area (Å²) in [6.45, 7) is 4.43. The summed E-state index contributed by atoms with van der Waals surface area (Å²) in [5, 5.41) is 0.674. The van der Waals surface area contributed by atoms with Gasteiger partial charge in [0.05, 0.1) is 36.5 Å². The fourth-order valence-electron chi connectivity index (χ4n) is 6.08. The first kappa shape index (κ1) is 24.3. The van der Waals surface area contributed by atoms with E-state index in [2.05, 4.69) is 16.8 Å². The van der Waals surface area contributed by atoms with Gasteiger partial charge in [0.1, 0.15) is 5.75 Å². The highest BCUT2D eigenvalue weighted by Crippen LogP contribution is 2.47. The number of hydrogen-bond donors (Lipinski definition) is 0. The number of methoxy groups -OCH3 is 1. The van der Waals surface area contributed by atoms with Crippen LogP contribution in [0.3, 0.4) is 0 Å². The fourth-order valence-corrected chi connectivity index (χ4v) is 6.21. The number of amides is 1. The fraction of sp³-hybridized carbons (Fsp3) is 0.500. The van der Waals surface area contributed by atoms with Crippen LogP contribution < -0.4 is 9.64 Å². The van der Waals surface area contributed by atoms with E-state index in [1.807, 2.05) is 53.4 Å². The molecule has 0 radical (unpaired) electrons. The van der Waals surface area contributed by atoms with Crippen LogP contribution in [-0.4, -0.2) is 74.3 Å². The van der Waals surface area contributed by atoms with Crippen LogP contribution in [0.4, 0.5) is 11.4 Å². The first-order valence-corrected chi connectivity index (χ1v) is 13.1. The molecule has 7 heteroatoms. The number of anilines is 1. The lowest BCUT2D eigenvalue weighted by atomic mass is 9.64. The number of carbonyl (C=O) groups is 1. The molecule has 1 atom stereocenters. The molecule has 1 unspecified atom stereocenters. The Labute approximate surface area is 213 Å². The third-order valence-corrected chi connectivity index (χ3v) is 8.21. The maximum absolute atomic E-state index is 14.4. The molecule has 5 rings (SSSR count). The largest absolute Gasteiger partial charge is 0.497 e. The first-order valence-electron chi connectivity index (χ1n) is 12.7. The van der Waals surface area contributed by atoms with Crippen LogP contribution in [0, 0.1) is 5.41 Å². The zero-order valence-corrected chi connectivity index (χ0v) is 21.5. The second-order valence-electron chi connectivity index (χ2n) is 10.1. The van der Waals surface area contributed by atoms with E-state index in [0.29, 0.717) is 11.6 Å². The zero-order chi connectivity index (χ0) is 24.4. The van der Waals surface area contributed by atoms with Gasteiger partial charge in [-0.15, -0.1) is 0 Å². The summed E-state index contributed by atoms with van der Waals surface area (Å²) in [7, 11) is 3.85. The SMILES string of the molecule is COc1ccc(/N=C2/CN(c3ccc(Cl)cc3)C(=O)C3(CCCCC3)C2N2CCN(C)CC2)cc1. The maximum Gasteiger partial charge on any atom is 0.235 e. The molecule has 0 bridgehead atoms. The quantitative estimate of drug-likeness (QED) is 0.597. The van der Waals surface area contributed by atoms with E-state index in [-0.39, 0.29) is 11.9 Å². The smallest absolute Gasteiger partial charge is 0.235 e. The molecule has 2 saturated heterocycles. The van der Waals surface area contributed by atoms with Crippen LogP contribution >= 0.6 is 11.6 Å². The molecule has 0 aromatic heterocycles.